The second-order valence-electron chi connectivity index (χ2n) is 7.11. The van der Waals surface area contributed by atoms with E-state index in [1.807, 2.05) is 17.9 Å². The lowest BCUT2D eigenvalue weighted by Crippen LogP contribution is -2.35. The molecule has 5 heteroatoms. The van der Waals surface area contributed by atoms with Crippen LogP contribution in [0.25, 0.3) is 0 Å². The molecule has 2 aromatic rings. The van der Waals surface area contributed by atoms with Gasteiger partial charge >= 0.3 is 0 Å². The van der Waals surface area contributed by atoms with Crippen LogP contribution in [0.3, 0.4) is 0 Å². The number of aryl methyl sites for hydroxylation is 1. The van der Waals surface area contributed by atoms with Gasteiger partial charge in [-0.25, -0.2) is 4.98 Å². The highest BCUT2D eigenvalue weighted by atomic mass is 32.1. The third-order valence-electron chi connectivity index (χ3n) is 4.12. The van der Waals surface area contributed by atoms with E-state index in [2.05, 4.69) is 25.8 Å². The molecule has 0 saturated heterocycles. The number of thiazole rings is 1. The van der Waals surface area contributed by atoms with Crippen molar-refractivity contribution < 1.29 is 9.90 Å². The van der Waals surface area contributed by atoms with Crippen LogP contribution >= 0.6 is 11.3 Å². The number of carbonyl (C=O) groups excluding carboxylic acids is 1. The maximum Gasteiger partial charge on any atom is 0.266 e. The lowest BCUT2D eigenvalue weighted by Gasteiger charge is -2.28. The SMILES string of the molecule is Cc1nc(C(C)(C)C)sc1C(=O)N1CCc2ccc(O)cc2C1. The molecule has 0 spiro atoms. The van der Waals surface area contributed by atoms with E-state index >= 15 is 0 Å². The Morgan fingerprint density at radius 1 is 1.30 bits per heavy atom. The van der Waals surface area contributed by atoms with Gasteiger partial charge in [0.25, 0.3) is 5.91 Å². The largest absolute Gasteiger partial charge is 0.508 e. The van der Waals surface area contributed by atoms with Crippen molar-refractivity contribution in [3.8, 4) is 5.75 Å². The van der Waals surface area contributed by atoms with Crippen LogP contribution in [0.2, 0.25) is 0 Å². The summed E-state index contributed by atoms with van der Waals surface area (Å²) in [5.41, 5.74) is 3.01. The smallest absolute Gasteiger partial charge is 0.266 e. The number of phenols is 1. The van der Waals surface area contributed by atoms with Crippen LogP contribution in [0, 0.1) is 6.92 Å². The van der Waals surface area contributed by atoms with E-state index in [4.69, 9.17) is 0 Å². The van der Waals surface area contributed by atoms with E-state index < -0.39 is 0 Å². The number of benzene rings is 1. The fourth-order valence-corrected chi connectivity index (χ4v) is 3.87. The summed E-state index contributed by atoms with van der Waals surface area (Å²) in [6.45, 7) is 9.49. The summed E-state index contributed by atoms with van der Waals surface area (Å²) in [5, 5.41) is 10.6. The Morgan fingerprint density at radius 3 is 2.70 bits per heavy atom. The zero-order valence-corrected chi connectivity index (χ0v) is 14.8. The maximum absolute atomic E-state index is 12.9. The van der Waals surface area contributed by atoms with Crippen molar-refractivity contribution in [2.45, 2.75) is 46.1 Å². The summed E-state index contributed by atoms with van der Waals surface area (Å²) in [6.07, 6.45) is 0.825. The molecule has 122 valence electrons. The van der Waals surface area contributed by atoms with E-state index in [1.54, 1.807) is 12.1 Å². The van der Waals surface area contributed by atoms with Gasteiger partial charge in [0.2, 0.25) is 0 Å². The Balaban J connectivity index is 1.86. The predicted molar refractivity (Wildman–Crippen MR) is 92.1 cm³/mol. The number of hydrogen-bond donors (Lipinski definition) is 1. The van der Waals surface area contributed by atoms with E-state index in [-0.39, 0.29) is 17.1 Å². The van der Waals surface area contributed by atoms with Gasteiger partial charge in [-0.05, 0) is 36.6 Å². The van der Waals surface area contributed by atoms with Crippen LogP contribution in [0.1, 0.15) is 52.3 Å². The van der Waals surface area contributed by atoms with Gasteiger partial charge in [0.15, 0.2) is 0 Å². The summed E-state index contributed by atoms with van der Waals surface area (Å²) in [6, 6.07) is 5.41. The first kappa shape index (κ1) is 16.0. The number of rotatable bonds is 1. The van der Waals surface area contributed by atoms with E-state index in [9.17, 15) is 9.90 Å². The van der Waals surface area contributed by atoms with Gasteiger partial charge in [0.1, 0.15) is 10.6 Å². The van der Waals surface area contributed by atoms with Crippen molar-refractivity contribution in [3.05, 3.63) is 44.9 Å². The third kappa shape index (κ3) is 3.11. The van der Waals surface area contributed by atoms with Gasteiger partial charge < -0.3 is 10.0 Å². The van der Waals surface area contributed by atoms with Gasteiger partial charge in [-0.15, -0.1) is 11.3 Å². The molecule has 0 fully saturated rings. The van der Waals surface area contributed by atoms with Gasteiger partial charge in [-0.3, -0.25) is 4.79 Å². The first-order valence-electron chi connectivity index (χ1n) is 7.83. The lowest BCUT2D eigenvalue weighted by atomic mass is 9.98. The first-order valence-corrected chi connectivity index (χ1v) is 8.65. The molecule has 0 aliphatic carbocycles. The summed E-state index contributed by atoms with van der Waals surface area (Å²) >= 11 is 1.50. The number of hydrogen-bond acceptors (Lipinski definition) is 4. The number of amides is 1. The monoisotopic (exact) mass is 330 g/mol. The molecule has 23 heavy (non-hydrogen) atoms. The molecule has 4 nitrogen and oxygen atoms in total. The number of fused-ring (bicyclic) bond motifs is 1. The molecule has 1 aliphatic heterocycles. The minimum atomic E-state index is -0.0474. The fraction of sp³-hybridized carbons (Fsp3) is 0.444. The quantitative estimate of drug-likeness (QED) is 0.868. The summed E-state index contributed by atoms with van der Waals surface area (Å²) < 4.78 is 0. The standard InChI is InChI=1S/C18H22N2O2S/c1-11-15(23-17(19-11)18(2,3)4)16(22)20-8-7-12-5-6-14(21)9-13(12)10-20/h5-6,9,21H,7-8,10H2,1-4H3. The average molecular weight is 330 g/mol. The highest BCUT2D eigenvalue weighted by Crippen LogP contribution is 2.31. The van der Waals surface area contributed by atoms with Crippen LogP contribution in [-0.2, 0) is 18.4 Å². The molecule has 1 aromatic heterocycles. The molecular formula is C18H22N2O2S. The van der Waals surface area contributed by atoms with Gasteiger partial charge in [0, 0.05) is 18.5 Å². The summed E-state index contributed by atoms with van der Waals surface area (Å²) in [4.78, 5) is 20.1. The van der Waals surface area contributed by atoms with Crippen molar-refractivity contribution in [3.63, 3.8) is 0 Å². The Labute approximate surface area is 140 Å². The topological polar surface area (TPSA) is 53.4 Å². The second-order valence-corrected chi connectivity index (χ2v) is 8.11. The Hall–Kier alpha value is -1.88. The highest BCUT2D eigenvalue weighted by Gasteiger charge is 2.28. The molecule has 2 heterocycles. The second kappa shape index (κ2) is 5.64. The average Bonchev–Trinajstić information content (AvgIpc) is 2.87. The van der Waals surface area contributed by atoms with Crippen LogP contribution in [-0.4, -0.2) is 27.4 Å². The minimum Gasteiger partial charge on any atom is -0.508 e. The molecule has 0 atom stereocenters. The molecule has 1 aromatic carbocycles. The van der Waals surface area contributed by atoms with Crippen LogP contribution in [0.4, 0.5) is 0 Å². The minimum absolute atomic E-state index is 0.0458. The zero-order chi connectivity index (χ0) is 16.8. The van der Waals surface area contributed by atoms with Crippen LogP contribution in [0.5, 0.6) is 5.75 Å². The number of carbonyl (C=O) groups is 1. The molecule has 1 aliphatic rings. The molecule has 0 unspecified atom stereocenters. The van der Waals surface area contributed by atoms with Crippen molar-refractivity contribution in [1.29, 1.82) is 0 Å². The predicted octanol–water partition coefficient (Wildman–Crippen LogP) is 3.65. The molecular weight excluding hydrogens is 308 g/mol. The van der Waals surface area contributed by atoms with E-state index in [1.165, 1.54) is 16.9 Å². The lowest BCUT2D eigenvalue weighted by molar-refractivity contribution is 0.0738. The molecule has 1 N–H and O–H groups in total. The number of nitrogens with zero attached hydrogens (tertiary/aromatic N) is 2. The van der Waals surface area contributed by atoms with E-state index in [0.717, 1.165) is 27.6 Å². The molecule has 0 radical (unpaired) electrons. The summed E-state index contributed by atoms with van der Waals surface area (Å²) in [7, 11) is 0. The van der Waals surface area contributed by atoms with Crippen molar-refractivity contribution in [2.24, 2.45) is 0 Å². The van der Waals surface area contributed by atoms with Crippen LogP contribution in [0.15, 0.2) is 18.2 Å². The van der Waals surface area contributed by atoms with Crippen molar-refractivity contribution >= 4 is 17.2 Å². The third-order valence-corrected chi connectivity index (χ3v) is 5.69. The molecule has 3 rings (SSSR count). The Morgan fingerprint density at radius 2 is 2.04 bits per heavy atom. The number of phenolic OH excluding ortho intramolecular Hbond substituents is 1. The zero-order valence-electron chi connectivity index (χ0n) is 14.0. The number of aromatic nitrogens is 1. The van der Waals surface area contributed by atoms with Gasteiger partial charge in [-0.1, -0.05) is 26.8 Å². The first-order chi connectivity index (χ1) is 10.8. The van der Waals surface area contributed by atoms with Gasteiger partial charge in [0.05, 0.1) is 10.7 Å². The van der Waals surface area contributed by atoms with Crippen LogP contribution < -0.4 is 0 Å². The highest BCUT2D eigenvalue weighted by molar-refractivity contribution is 7.14. The van der Waals surface area contributed by atoms with E-state index in [0.29, 0.717) is 13.1 Å². The normalized spacial score (nSPS) is 14.7. The fourth-order valence-electron chi connectivity index (χ4n) is 2.78. The maximum atomic E-state index is 12.9. The van der Waals surface area contributed by atoms with Crippen molar-refractivity contribution in [1.82, 2.24) is 9.88 Å². The molecule has 1 amide bonds. The van der Waals surface area contributed by atoms with Crippen molar-refractivity contribution in [2.75, 3.05) is 6.54 Å². The van der Waals surface area contributed by atoms with Gasteiger partial charge in [-0.2, -0.15) is 0 Å². The summed E-state index contributed by atoms with van der Waals surface area (Å²) in [5.74, 6) is 0.298. The number of aromatic hydroxyl groups is 1. The Bertz CT molecular complexity index is 759. The Kier molecular flexibility index (Phi) is 3.92. The molecule has 0 bridgehead atoms. The molecule has 0 saturated carbocycles.